The number of rotatable bonds is 0. The van der Waals surface area contributed by atoms with Crippen LogP contribution in [0.1, 0.15) is 0 Å². The molecule has 10 heavy (non-hydrogen) atoms. The maximum Gasteiger partial charge on any atom is 0.187 e. The molecule has 3 saturated heterocycles. The lowest BCUT2D eigenvalue weighted by atomic mass is 10.1. The Morgan fingerprint density at radius 1 is 1.20 bits per heavy atom. The molecule has 3 heterocycles. The van der Waals surface area contributed by atoms with Gasteiger partial charge in [0.05, 0.1) is 6.61 Å². The fourth-order valence-corrected chi connectivity index (χ4v) is 1.63. The van der Waals surface area contributed by atoms with E-state index in [1.807, 2.05) is 0 Å². The summed E-state index contributed by atoms with van der Waals surface area (Å²) in [6.07, 6.45) is -0.809. The smallest absolute Gasteiger partial charge is 0.187 e. The van der Waals surface area contributed by atoms with E-state index in [1.54, 1.807) is 0 Å². The van der Waals surface area contributed by atoms with Gasteiger partial charge in [-0.15, -0.1) is 0 Å². The van der Waals surface area contributed by atoms with Crippen molar-refractivity contribution in [1.29, 1.82) is 0 Å². The van der Waals surface area contributed by atoms with Crippen molar-refractivity contribution in [3.63, 3.8) is 0 Å². The molecule has 3 aliphatic rings. The molecular formula is C6H8O4. The van der Waals surface area contributed by atoms with Gasteiger partial charge in [0.15, 0.2) is 6.29 Å². The minimum atomic E-state index is -0.469. The Morgan fingerprint density at radius 3 is 3.00 bits per heavy atom. The van der Waals surface area contributed by atoms with Crippen LogP contribution in [0.25, 0.3) is 0 Å². The Labute approximate surface area is 57.7 Å². The van der Waals surface area contributed by atoms with Crippen LogP contribution in [0.3, 0.4) is 0 Å². The molecule has 1 N–H and O–H groups in total. The highest BCUT2D eigenvalue weighted by atomic mass is 16.8. The molecule has 0 spiro atoms. The summed E-state index contributed by atoms with van der Waals surface area (Å²) in [5.41, 5.74) is 0. The Kier molecular flexibility index (Phi) is 0.840. The molecule has 0 aliphatic carbocycles. The zero-order valence-corrected chi connectivity index (χ0v) is 5.27. The van der Waals surface area contributed by atoms with E-state index in [1.165, 1.54) is 0 Å². The monoisotopic (exact) mass is 144 g/mol. The van der Waals surface area contributed by atoms with E-state index in [2.05, 4.69) is 0 Å². The molecule has 56 valence electrons. The highest BCUT2D eigenvalue weighted by molar-refractivity contribution is 5.03. The molecule has 4 heteroatoms. The maximum absolute atomic E-state index is 9.38. The molecule has 0 amide bonds. The van der Waals surface area contributed by atoms with Crippen molar-refractivity contribution in [3.8, 4) is 0 Å². The first kappa shape index (κ1) is 5.49. The molecule has 3 aliphatic heterocycles. The number of hydrogen-bond acceptors (Lipinski definition) is 4. The summed E-state index contributed by atoms with van der Waals surface area (Å²) >= 11 is 0. The molecule has 0 saturated carbocycles. The van der Waals surface area contributed by atoms with Gasteiger partial charge in [0.25, 0.3) is 0 Å². The van der Waals surface area contributed by atoms with E-state index < -0.39 is 6.10 Å². The van der Waals surface area contributed by atoms with Gasteiger partial charge in [-0.1, -0.05) is 0 Å². The molecule has 1 unspecified atom stereocenters. The first-order valence-corrected chi connectivity index (χ1v) is 3.47. The van der Waals surface area contributed by atoms with Gasteiger partial charge < -0.3 is 19.3 Å². The topological polar surface area (TPSA) is 51.2 Å². The molecule has 3 fully saturated rings. The van der Waals surface area contributed by atoms with Crippen molar-refractivity contribution in [2.45, 2.75) is 30.7 Å². The molecule has 2 bridgehead atoms. The van der Waals surface area contributed by atoms with Gasteiger partial charge in [-0.25, -0.2) is 0 Å². The van der Waals surface area contributed by atoms with Crippen LogP contribution in [0, 0.1) is 0 Å². The second-order valence-electron chi connectivity index (χ2n) is 2.93. The Balaban J connectivity index is 1.91. The third kappa shape index (κ3) is 0.509. The largest absolute Gasteiger partial charge is 0.387 e. The molecule has 0 aromatic heterocycles. The van der Waals surface area contributed by atoms with Crippen molar-refractivity contribution in [2.24, 2.45) is 0 Å². The predicted octanol–water partition coefficient (Wildman–Crippen LogP) is -1.13. The first-order valence-electron chi connectivity index (χ1n) is 3.47. The summed E-state index contributed by atoms with van der Waals surface area (Å²) in [6.45, 7) is 0.516. The van der Waals surface area contributed by atoms with Gasteiger partial charge in [0, 0.05) is 0 Å². The van der Waals surface area contributed by atoms with E-state index in [0.29, 0.717) is 6.61 Å². The van der Waals surface area contributed by atoms with Crippen molar-refractivity contribution in [2.75, 3.05) is 6.61 Å². The van der Waals surface area contributed by atoms with Crippen LogP contribution in [0.2, 0.25) is 0 Å². The van der Waals surface area contributed by atoms with Crippen LogP contribution in [-0.4, -0.2) is 42.4 Å². The zero-order chi connectivity index (χ0) is 6.72. The number of epoxide rings is 1. The average Bonchev–Trinajstić information content (AvgIpc) is 2.61. The maximum atomic E-state index is 9.38. The fraction of sp³-hybridized carbons (Fsp3) is 1.00. The number of aliphatic hydroxyl groups is 1. The second kappa shape index (κ2) is 1.53. The Bertz CT molecular complexity index is 169. The lowest BCUT2D eigenvalue weighted by Gasteiger charge is -2.18. The highest BCUT2D eigenvalue weighted by Crippen LogP contribution is 2.41. The first-order chi connectivity index (χ1) is 4.86. The highest BCUT2D eigenvalue weighted by Gasteiger charge is 2.61. The van der Waals surface area contributed by atoms with E-state index in [0.717, 1.165) is 0 Å². The average molecular weight is 144 g/mol. The molecule has 5 atom stereocenters. The lowest BCUT2D eigenvalue weighted by Crippen LogP contribution is -2.39. The quantitative estimate of drug-likeness (QED) is 0.437. The molecule has 0 radical (unpaired) electrons. The zero-order valence-electron chi connectivity index (χ0n) is 5.27. The van der Waals surface area contributed by atoms with E-state index in [-0.39, 0.29) is 24.6 Å². The van der Waals surface area contributed by atoms with Crippen LogP contribution in [-0.2, 0) is 14.2 Å². The third-order valence-electron chi connectivity index (χ3n) is 2.28. The van der Waals surface area contributed by atoms with E-state index in [9.17, 15) is 5.11 Å². The van der Waals surface area contributed by atoms with Crippen LogP contribution < -0.4 is 0 Å². The fourth-order valence-electron chi connectivity index (χ4n) is 1.63. The summed E-state index contributed by atoms with van der Waals surface area (Å²) < 4.78 is 15.6. The van der Waals surface area contributed by atoms with Gasteiger partial charge in [0.1, 0.15) is 24.4 Å². The molecule has 0 aromatic rings. The minimum Gasteiger partial charge on any atom is -0.387 e. The van der Waals surface area contributed by atoms with E-state index in [4.69, 9.17) is 14.2 Å². The predicted molar refractivity (Wildman–Crippen MR) is 29.3 cm³/mol. The van der Waals surface area contributed by atoms with Crippen LogP contribution in [0.4, 0.5) is 0 Å². The van der Waals surface area contributed by atoms with E-state index >= 15 is 0 Å². The summed E-state index contributed by atoms with van der Waals surface area (Å²) in [5, 5.41) is 9.38. The summed E-state index contributed by atoms with van der Waals surface area (Å²) in [6, 6.07) is 0. The number of fused-ring (bicyclic) bond motifs is 4. The molecular weight excluding hydrogens is 136 g/mol. The van der Waals surface area contributed by atoms with Gasteiger partial charge in [-0.05, 0) is 0 Å². The third-order valence-corrected chi connectivity index (χ3v) is 2.28. The van der Waals surface area contributed by atoms with Crippen molar-refractivity contribution >= 4 is 0 Å². The van der Waals surface area contributed by atoms with Gasteiger partial charge >= 0.3 is 0 Å². The van der Waals surface area contributed by atoms with Crippen LogP contribution >= 0.6 is 0 Å². The summed E-state index contributed by atoms with van der Waals surface area (Å²) in [4.78, 5) is 0. The molecule has 0 aromatic carbocycles. The normalized spacial score (nSPS) is 63.9. The minimum absolute atomic E-state index is 0.00810. The Hall–Kier alpha value is -0.160. The number of ether oxygens (including phenoxy) is 3. The lowest BCUT2D eigenvalue weighted by molar-refractivity contribution is -0.103. The van der Waals surface area contributed by atoms with Gasteiger partial charge in [-0.2, -0.15) is 0 Å². The summed E-state index contributed by atoms with van der Waals surface area (Å²) in [5.74, 6) is 0. The Morgan fingerprint density at radius 2 is 2.10 bits per heavy atom. The molecule has 3 rings (SSSR count). The molecule has 4 nitrogen and oxygen atoms in total. The summed E-state index contributed by atoms with van der Waals surface area (Å²) in [7, 11) is 0. The van der Waals surface area contributed by atoms with Crippen molar-refractivity contribution < 1.29 is 19.3 Å². The van der Waals surface area contributed by atoms with Gasteiger partial charge in [-0.3, -0.25) is 0 Å². The van der Waals surface area contributed by atoms with Crippen molar-refractivity contribution in [3.05, 3.63) is 0 Å². The van der Waals surface area contributed by atoms with Crippen molar-refractivity contribution in [1.82, 2.24) is 0 Å². The number of hydrogen-bond donors (Lipinski definition) is 1. The number of aliphatic hydroxyl groups excluding tert-OH is 1. The van der Waals surface area contributed by atoms with Crippen LogP contribution in [0.5, 0.6) is 0 Å². The van der Waals surface area contributed by atoms with Gasteiger partial charge in [0.2, 0.25) is 0 Å². The standard InChI is InChI=1S/C6H8O4/c7-3-2-1-8-6(9-2)5-4(3)10-5/h2-7H,1H2/t2-,3-,4+,5+,6?/m1/s1. The SMILES string of the molecule is O[C@H]1[C@@H]2O[C@@H]2C2OC[C@H]1O2. The van der Waals surface area contributed by atoms with Crippen LogP contribution in [0.15, 0.2) is 0 Å². The second-order valence-corrected chi connectivity index (χ2v) is 2.93.